The summed E-state index contributed by atoms with van der Waals surface area (Å²) in [5.41, 5.74) is 18.6. The van der Waals surface area contributed by atoms with E-state index in [2.05, 4.69) is 11.4 Å². The number of primary amides is 1. The normalized spacial score (nSPS) is 10.8. The van der Waals surface area contributed by atoms with Gasteiger partial charge in [-0.2, -0.15) is 0 Å². The molecular weight excluding hydrogens is 450 g/mol. The van der Waals surface area contributed by atoms with Crippen LogP contribution < -0.4 is 26.3 Å². The van der Waals surface area contributed by atoms with Crippen LogP contribution in [0.3, 0.4) is 0 Å². The number of nitrogens with one attached hydrogen (secondary N) is 1. The molecule has 1 amide bonds. The summed E-state index contributed by atoms with van der Waals surface area (Å²) < 4.78 is 10.7. The Morgan fingerprint density at radius 1 is 0.806 bits per heavy atom. The fourth-order valence-electron chi connectivity index (χ4n) is 3.95. The van der Waals surface area contributed by atoms with Crippen LogP contribution >= 0.6 is 0 Å². The van der Waals surface area contributed by atoms with Gasteiger partial charge >= 0.3 is 0 Å². The van der Waals surface area contributed by atoms with Crippen LogP contribution in [0.2, 0.25) is 0 Å². The van der Waals surface area contributed by atoms with Crippen LogP contribution in [0.5, 0.6) is 11.5 Å². The third kappa shape index (κ3) is 5.67. The van der Waals surface area contributed by atoms with Crippen molar-refractivity contribution in [2.24, 2.45) is 5.73 Å². The van der Waals surface area contributed by atoms with E-state index < -0.39 is 5.91 Å². The number of hydrogen-bond donors (Lipinski definition) is 3. The van der Waals surface area contributed by atoms with Gasteiger partial charge in [0.2, 0.25) is 5.91 Å². The Hall–Kier alpha value is -4.71. The van der Waals surface area contributed by atoms with Crippen molar-refractivity contribution in [1.29, 1.82) is 0 Å². The molecule has 0 saturated carbocycles. The van der Waals surface area contributed by atoms with Gasteiger partial charge in [0.25, 0.3) is 0 Å². The van der Waals surface area contributed by atoms with Crippen molar-refractivity contribution >= 4 is 29.4 Å². The van der Waals surface area contributed by atoms with Crippen LogP contribution in [0, 0.1) is 0 Å². The van der Waals surface area contributed by atoms with Crippen LogP contribution in [0.25, 0.3) is 23.3 Å². The molecule has 0 radical (unpaired) electrons. The van der Waals surface area contributed by atoms with E-state index in [4.69, 9.17) is 20.9 Å². The van der Waals surface area contributed by atoms with Gasteiger partial charge in [-0.15, -0.1) is 0 Å². The number of benzene rings is 4. The Bertz CT molecular complexity index is 1400. The first kappa shape index (κ1) is 24.4. The van der Waals surface area contributed by atoms with Crippen LogP contribution in [-0.4, -0.2) is 20.1 Å². The highest BCUT2D eigenvalue weighted by Gasteiger charge is 2.13. The van der Waals surface area contributed by atoms with Crippen LogP contribution in [0.4, 0.5) is 11.4 Å². The first-order valence-electron chi connectivity index (χ1n) is 11.5. The van der Waals surface area contributed by atoms with E-state index in [9.17, 15) is 4.79 Å². The minimum atomic E-state index is -0.491. The van der Waals surface area contributed by atoms with Crippen molar-refractivity contribution < 1.29 is 14.3 Å². The average molecular weight is 480 g/mol. The zero-order chi connectivity index (χ0) is 25.5. The van der Waals surface area contributed by atoms with Crippen molar-refractivity contribution in [2.45, 2.75) is 6.54 Å². The quantitative estimate of drug-likeness (QED) is 0.207. The highest BCUT2D eigenvalue weighted by Crippen LogP contribution is 2.33. The zero-order valence-electron chi connectivity index (χ0n) is 20.3. The molecule has 36 heavy (non-hydrogen) atoms. The molecule has 0 spiro atoms. The van der Waals surface area contributed by atoms with E-state index in [1.54, 1.807) is 26.4 Å². The molecule has 0 aliphatic rings. The second kappa shape index (κ2) is 11.1. The van der Waals surface area contributed by atoms with E-state index in [0.717, 1.165) is 33.5 Å². The molecule has 0 saturated heterocycles. The third-order valence-electron chi connectivity index (χ3n) is 5.90. The number of rotatable bonds is 9. The molecule has 0 fully saturated rings. The summed E-state index contributed by atoms with van der Waals surface area (Å²) in [6.07, 6.45) is 4.09. The maximum atomic E-state index is 12.0. The molecule has 4 aromatic rings. The standard InChI is InChI=1S/C30H29N3O3/c1-35-28-15-13-24(18-29(28)36-2)33-19-23-12-11-22(30(32)34)17-25(23)26-16-21(10-14-27(26)31)9-8-20-6-4-3-5-7-20/h3-18,33H,19,31H2,1-2H3,(H2,32,34). The van der Waals surface area contributed by atoms with E-state index in [0.29, 0.717) is 29.3 Å². The number of ether oxygens (including phenoxy) is 2. The lowest BCUT2D eigenvalue weighted by atomic mass is 9.94. The smallest absolute Gasteiger partial charge is 0.248 e. The van der Waals surface area contributed by atoms with Gasteiger partial charge in [0.1, 0.15) is 0 Å². The number of nitrogen functional groups attached to an aromatic ring is 1. The Morgan fingerprint density at radius 3 is 2.28 bits per heavy atom. The summed E-state index contributed by atoms with van der Waals surface area (Å²) in [5, 5.41) is 3.42. The molecule has 0 unspecified atom stereocenters. The molecule has 4 rings (SSSR count). The molecule has 0 bridgehead atoms. The van der Waals surface area contributed by atoms with E-state index in [-0.39, 0.29) is 0 Å². The highest BCUT2D eigenvalue weighted by molar-refractivity contribution is 5.95. The lowest BCUT2D eigenvalue weighted by Crippen LogP contribution is -2.12. The maximum Gasteiger partial charge on any atom is 0.248 e. The Balaban J connectivity index is 1.68. The minimum Gasteiger partial charge on any atom is -0.493 e. The first-order valence-corrected chi connectivity index (χ1v) is 11.5. The number of methoxy groups -OCH3 is 2. The van der Waals surface area contributed by atoms with Crippen molar-refractivity contribution in [3.05, 3.63) is 107 Å². The maximum absolute atomic E-state index is 12.0. The van der Waals surface area contributed by atoms with Crippen molar-refractivity contribution in [1.82, 2.24) is 0 Å². The van der Waals surface area contributed by atoms with Gasteiger partial charge in [-0.3, -0.25) is 4.79 Å². The second-order valence-corrected chi connectivity index (χ2v) is 8.25. The fraction of sp³-hybridized carbons (Fsp3) is 0.100. The SMILES string of the molecule is COc1ccc(NCc2ccc(C(N)=O)cc2-c2cc(C=Cc3ccccc3)ccc2N)cc1OC. The van der Waals surface area contributed by atoms with Crippen molar-refractivity contribution in [3.63, 3.8) is 0 Å². The van der Waals surface area contributed by atoms with Gasteiger partial charge in [-0.1, -0.05) is 54.6 Å². The number of nitrogens with two attached hydrogens (primary N) is 2. The Kier molecular flexibility index (Phi) is 7.56. The van der Waals surface area contributed by atoms with Gasteiger partial charge in [0.15, 0.2) is 11.5 Å². The predicted octanol–water partition coefficient (Wildman–Crippen LogP) is 5.83. The number of carbonyl (C=O) groups is 1. The molecule has 0 aromatic heterocycles. The molecule has 182 valence electrons. The molecule has 0 atom stereocenters. The molecule has 0 aliphatic carbocycles. The lowest BCUT2D eigenvalue weighted by molar-refractivity contribution is 0.100. The predicted molar refractivity (Wildman–Crippen MR) is 147 cm³/mol. The minimum absolute atomic E-state index is 0.421. The Labute approximate surface area is 211 Å². The Morgan fingerprint density at radius 2 is 1.56 bits per heavy atom. The summed E-state index contributed by atoms with van der Waals surface area (Å²) in [4.78, 5) is 12.0. The summed E-state index contributed by atoms with van der Waals surface area (Å²) in [5.74, 6) is 0.797. The summed E-state index contributed by atoms with van der Waals surface area (Å²) in [7, 11) is 3.20. The number of anilines is 2. The molecule has 6 nitrogen and oxygen atoms in total. The first-order chi connectivity index (χ1) is 17.5. The van der Waals surface area contributed by atoms with Crippen molar-refractivity contribution in [3.8, 4) is 22.6 Å². The fourth-order valence-corrected chi connectivity index (χ4v) is 3.95. The van der Waals surface area contributed by atoms with Gasteiger partial charge in [0.05, 0.1) is 14.2 Å². The van der Waals surface area contributed by atoms with Crippen molar-refractivity contribution in [2.75, 3.05) is 25.3 Å². The van der Waals surface area contributed by atoms with Crippen LogP contribution in [0.1, 0.15) is 27.0 Å². The summed E-state index contributed by atoms with van der Waals surface area (Å²) >= 11 is 0. The second-order valence-electron chi connectivity index (χ2n) is 8.25. The molecule has 6 heteroatoms. The van der Waals surface area contributed by atoms with Crippen LogP contribution in [-0.2, 0) is 6.54 Å². The zero-order valence-corrected chi connectivity index (χ0v) is 20.3. The van der Waals surface area contributed by atoms with Gasteiger partial charge in [0, 0.05) is 35.1 Å². The number of hydrogen-bond acceptors (Lipinski definition) is 5. The van der Waals surface area contributed by atoms with E-state index in [1.807, 2.05) is 78.9 Å². The molecule has 5 N–H and O–H groups in total. The summed E-state index contributed by atoms with van der Waals surface area (Å²) in [6.45, 7) is 0.493. The number of carbonyl (C=O) groups excluding carboxylic acids is 1. The molecule has 0 aliphatic heterocycles. The van der Waals surface area contributed by atoms with E-state index in [1.165, 1.54) is 0 Å². The van der Waals surface area contributed by atoms with Gasteiger partial charge in [-0.25, -0.2) is 0 Å². The topological polar surface area (TPSA) is 99.6 Å². The monoisotopic (exact) mass is 479 g/mol. The molecular formula is C30H29N3O3. The average Bonchev–Trinajstić information content (AvgIpc) is 2.91. The van der Waals surface area contributed by atoms with E-state index >= 15 is 0 Å². The lowest BCUT2D eigenvalue weighted by Gasteiger charge is -2.16. The van der Waals surface area contributed by atoms with Crippen LogP contribution in [0.15, 0.2) is 84.9 Å². The largest absolute Gasteiger partial charge is 0.493 e. The van der Waals surface area contributed by atoms with Gasteiger partial charge < -0.3 is 26.3 Å². The summed E-state index contributed by atoms with van der Waals surface area (Å²) in [6, 6.07) is 27.0. The third-order valence-corrected chi connectivity index (χ3v) is 5.90. The van der Waals surface area contributed by atoms with Gasteiger partial charge in [-0.05, 0) is 58.7 Å². The molecule has 4 aromatic carbocycles. The molecule has 0 heterocycles. The number of amides is 1. The highest BCUT2D eigenvalue weighted by atomic mass is 16.5.